The van der Waals surface area contributed by atoms with E-state index in [1.165, 1.54) is 12.1 Å². The second kappa shape index (κ2) is 6.71. The highest BCUT2D eigenvalue weighted by Gasteiger charge is 2.18. The van der Waals surface area contributed by atoms with E-state index in [1.807, 2.05) is 19.9 Å². The summed E-state index contributed by atoms with van der Waals surface area (Å²) in [4.78, 5) is 0.157. The molecule has 5 nitrogen and oxygen atoms in total. The first kappa shape index (κ1) is 16.8. The van der Waals surface area contributed by atoms with Gasteiger partial charge in [-0.15, -0.1) is 0 Å². The summed E-state index contributed by atoms with van der Waals surface area (Å²) in [6, 6.07) is 13.1. The molecule has 2 rings (SSSR count). The van der Waals surface area contributed by atoms with Gasteiger partial charge in [-0.2, -0.15) is 5.26 Å². The van der Waals surface area contributed by atoms with Crippen LogP contribution in [0.3, 0.4) is 0 Å². The summed E-state index contributed by atoms with van der Waals surface area (Å²) in [5, 5.41) is 8.89. The number of ether oxygens (including phenoxy) is 1. The normalized spacial score (nSPS) is 11.1. The van der Waals surface area contributed by atoms with Gasteiger partial charge in [0.1, 0.15) is 5.75 Å². The van der Waals surface area contributed by atoms with Crippen LogP contribution in [0.5, 0.6) is 5.75 Å². The summed E-state index contributed by atoms with van der Waals surface area (Å²) >= 11 is 0. The molecule has 0 aliphatic heterocycles. The molecule has 0 unspecified atom stereocenters. The van der Waals surface area contributed by atoms with Gasteiger partial charge in [-0.3, -0.25) is 4.72 Å². The molecule has 0 saturated heterocycles. The number of nitriles is 1. The summed E-state index contributed by atoms with van der Waals surface area (Å²) in [5.74, 6) is 0.785. The molecule has 2 aromatic carbocycles. The zero-order chi connectivity index (χ0) is 17.0. The van der Waals surface area contributed by atoms with E-state index >= 15 is 0 Å². The maximum Gasteiger partial charge on any atom is 0.261 e. The second-order valence-electron chi connectivity index (χ2n) is 5.36. The van der Waals surface area contributed by atoms with Gasteiger partial charge in [0.15, 0.2) is 0 Å². The van der Waals surface area contributed by atoms with Gasteiger partial charge in [0.05, 0.1) is 29.3 Å². The lowest BCUT2D eigenvalue weighted by Gasteiger charge is -2.14. The van der Waals surface area contributed by atoms with Crippen LogP contribution in [0.1, 0.15) is 30.9 Å². The molecule has 1 N–H and O–H groups in total. The number of hydrogen-bond donors (Lipinski definition) is 1. The number of rotatable bonds is 5. The second-order valence-corrected chi connectivity index (χ2v) is 7.04. The SMILES string of the molecule is COc1ccc(S(=O)(=O)Nc2cccc(C#N)c2)cc1C(C)C. The largest absolute Gasteiger partial charge is 0.496 e. The minimum atomic E-state index is -3.73. The Labute approximate surface area is 136 Å². The molecule has 0 aromatic heterocycles. The van der Waals surface area contributed by atoms with Gasteiger partial charge in [0.25, 0.3) is 10.0 Å². The van der Waals surface area contributed by atoms with Crippen molar-refractivity contribution in [1.29, 1.82) is 5.26 Å². The van der Waals surface area contributed by atoms with Crippen molar-refractivity contribution in [3.8, 4) is 11.8 Å². The van der Waals surface area contributed by atoms with Crippen molar-refractivity contribution in [2.45, 2.75) is 24.7 Å². The van der Waals surface area contributed by atoms with Gasteiger partial charge < -0.3 is 4.74 Å². The quantitative estimate of drug-likeness (QED) is 0.910. The molecule has 0 atom stereocenters. The molecule has 0 spiro atoms. The van der Waals surface area contributed by atoms with E-state index in [0.717, 1.165) is 5.56 Å². The van der Waals surface area contributed by atoms with E-state index in [-0.39, 0.29) is 10.8 Å². The van der Waals surface area contributed by atoms with Gasteiger partial charge in [0.2, 0.25) is 0 Å². The standard InChI is InChI=1S/C17H18N2O3S/c1-12(2)16-10-15(7-8-17(16)22-3)23(20,21)19-14-6-4-5-13(9-14)11-18/h4-10,12,19H,1-3H3. The molecule has 0 heterocycles. The minimum absolute atomic E-state index is 0.127. The van der Waals surface area contributed by atoms with Gasteiger partial charge in [-0.1, -0.05) is 19.9 Å². The number of methoxy groups -OCH3 is 1. The maximum atomic E-state index is 12.5. The average Bonchev–Trinajstić information content (AvgIpc) is 2.53. The summed E-state index contributed by atoms with van der Waals surface area (Å²) in [5.41, 5.74) is 1.56. The molecule has 2 aromatic rings. The van der Waals surface area contributed by atoms with E-state index in [0.29, 0.717) is 17.0 Å². The lowest BCUT2D eigenvalue weighted by Crippen LogP contribution is -2.13. The molecule has 6 heteroatoms. The fourth-order valence-corrected chi connectivity index (χ4v) is 3.28. The van der Waals surface area contributed by atoms with Crippen LogP contribution in [0.15, 0.2) is 47.4 Å². The highest BCUT2D eigenvalue weighted by Crippen LogP contribution is 2.29. The Balaban J connectivity index is 2.40. The van der Waals surface area contributed by atoms with Crippen molar-refractivity contribution in [3.63, 3.8) is 0 Å². The molecule has 0 bridgehead atoms. The fraction of sp³-hybridized carbons (Fsp3) is 0.235. The van der Waals surface area contributed by atoms with E-state index in [9.17, 15) is 8.42 Å². The molecule has 0 saturated carbocycles. The van der Waals surface area contributed by atoms with Crippen molar-refractivity contribution in [2.75, 3.05) is 11.8 Å². The first-order chi connectivity index (χ1) is 10.9. The minimum Gasteiger partial charge on any atom is -0.496 e. The van der Waals surface area contributed by atoms with Crippen molar-refractivity contribution < 1.29 is 13.2 Å². The van der Waals surface area contributed by atoms with Crippen LogP contribution in [-0.4, -0.2) is 15.5 Å². The molecule has 0 aliphatic rings. The zero-order valence-electron chi connectivity index (χ0n) is 13.2. The molecule has 0 aliphatic carbocycles. The monoisotopic (exact) mass is 330 g/mol. The third kappa shape index (κ3) is 3.82. The van der Waals surface area contributed by atoms with Crippen molar-refractivity contribution in [2.24, 2.45) is 0 Å². The summed E-state index contributed by atoms with van der Waals surface area (Å²) in [6.07, 6.45) is 0. The van der Waals surface area contributed by atoms with Crippen LogP contribution in [0.4, 0.5) is 5.69 Å². The van der Waals surface area contributed by atoms with Crippen LogP contribution < -0.4 is 9.46 Å². The highest BCUT2D eigenvalue weighted by atomic mass is 32.2. The Morgan fingerprint density at radius 3 is 2.52 bits per heavy atom. The Kier molecular flexibility index (Phi) is 4.92. The molecular weight excluding hydrogens is 312 g/mol. The predicted molar refractivity (Wildman–Crippen MR) is 89.0 cm³/mol. The molecular formula is C17H18N2O3S. The van der Waals surface area contributed by atoms with Gasteiger partial charge in [-0.25, -0.2) is 8.42 Å². The maximum absolute atomic E-state index is 12.5. The first-order valence-corrected chi connectivity index (χ1v) is 8.56. The number of anilines is 1. The van der Waals surface area contributed by atoms with Crippen LogP contribution in [0.25, 0.3) is 0 Å². The number of hydrogen-bond acceptors (Lipinski definition) is 4. The Morgan fingerprint density at radius 2 is 1.91 bits per heavy atom. The van der Waals surface area contributed by atoms with Crippen LogP contribution in [-0.2, 0) is 10.0 Å². The Bertz CT molecular complexity index is 852. The summed E-state index contributed by atoms with van der Waals surface area (Å²) in [7, 11) is -2.18. The molecule has 0 amide bonds. The fourth-order valence-electron chi connectivity index (χ4n) is 2.20. The Morgan fingerprint density at radius 1 is 1.17 bits per heavy atom. The summed E-state index contributed by atoms with van der Waals surface area (Å²) in [6.45, 7) is 3.94. The average molecular weight is 330 g/mol. The molecule has 23 heavy (non-hydrogen) atoms. The van der Waals surface area contributed by atoms with E-state index < -0.39 is 10.0 Å². The topological polar surface area (TPSA) is 79.2 Å². The van der Waals surface area contributed by atoms with Gasteiger partial charge in [0, 0.05) is 0 Å². The number of sulfonamides is 1. The van der Waals surface area contributed by atoms with Gasteiger partial charge >= 0.3 is 0 Å². The van der Waals surface area contributed by atoms with Crippen molar-refractivity contribution >= 4 is 15.7 Å². The lowest BCUT2D eigenvalue weighted by atomic mass is 10.0. The summed E-state index contributed by atoms with van der Waals surface area (Å²) < 4.78 is 32.8. The van der Waals surface area contributed by atoms with Crippen molar-refractivity contribution in [1.82, 2.24) is 0 Å². The van der Waals surface area contributed by atoms with Crippen LogP contribution in [0.2, 0.25) is 0 Å². The third-order valence-electron chi connectivity index (χ3n) is 3.38. The molecule has 0 fully saturated rings. The smallest absolute Gasteiger partial charge is 0.261 e. The van der Waals surface area contributed by atoms with Crippen LogP contribution >= 0.6 is 0 Å². The van der Waals surface area contributed by atoms with E-state index in [4.69, 9.17) is 10.00 Å². The molecule has 120 valence electrons. The predicted octanol–water partition coefficient (Wildman–Crippen LogP) is 3.49. The Hall–Kier alpha value is -2.52. The third-order valence-corrected chi connectivity index (χ3v) is 4.76. The lowest BCUT2D eigenvalue weighted by molar-refractivity contribution is 0.407. The number of benzene rings is 2. The van der Waals surface area contributed by atoms with E-state index in [2.05, 4.69) is 4.72 Å². The first-order valence-electron chi connectivity index (χ1n) is 7.08. The van der Waals surface area contributed by atoms with Gasteiger partial charge in [-0.05, 0) is 47.9 Å². The van der Waals surface area contributed by atoms with E-state index in [1.54, 1.807) is 37.4 Å². The zero-order valence-corrected chi connectivity index (χ0v) is 14.0. The van der Waals surface area contributed by atoms with Crippen LogP contribution in [0, 0.1) is 11.3 Å². The van der Waals surface area contributed by atoms with Crippen molar-refractivity contribution in [3.05, 3.63) is 53.6 Å². The molecule has 0 radical (unpaired) electrons. The number of nitrogens with zero attached hydrogens (tertiary/aromatic N) is 1. The number of nitrogens with one attached hydrogen (secondary N) is 1. The highest BCUT2D eigenvalue weighted by molar-refractivity contribution is 7.92.